The van der Waals surface area contributed by atoms with Gasteiger partial charge in [-0.2, -0.15) is 5.10 Å². The second kappa shape index (κ2) is 5.58. The van der Waals surface area contributed by atoms with Crippen molar-refractivity contribution in [1.29, 1.82) is 0 Å². The van der Waals surface area contributed by atoms with Gasteiger partial charge in [-0.15, -0.1) is 23.5 Å². The number of nitrogens with zero attached hydrogens (tertiary/aromatic N) is 2. The zero-order valence-electron chi connectivity index (χ0n) is 8.72. The fraction of sp³-hybridized carbons (Fsp3) is 0.667. The number of aromatic nitrogens is 3. The van der Waals surface area contributed by atoms with E-state index in [1.54, 1.807) is 0 Å². The van der Waals surface area contributed by atoms with E-state index in [1.807, 2.05) is 23.5 Å². The Morgan fingerprint density at radius 3 is 2.94 bits per heavy atom. The lowest BCUT2D eigenvalue weighted by Crippen LogP contribution is -2.37. The molecule has 1 aliphatic heterocycles. The van der Waals surface area contributed by atoms with Crippen LogP contribution in [0, 0.1) is 0 Å². The molecule has 1 saturated heterocycles. The van der Waals surface area contributed by atoms with Gasteiger partial charge < -0.3 is 0 Å². The van der Waals surface area contributed by atoms with Gasteiger partial charge in [0, 0.05) is 6.54 Å². The largest absolute Gasteiger partial charge is 0.330 e. The van der Waals surface area contributed by atoms with Crippen LogP contribution in [-0.4, -0.2) is 30.9 Å². The fourth-order valence-electron chi connectivity index (χ4n) is 1.49. The molecule has 0 radical (unpaired) electrons. The third-order valence-corrected chi connectivity index (χ3v) is 5.40. The molecule has 2 rings (SSSR count). The SMILES string of the molecule is O=c1[nH]ncn(CCC2SCCCS2)c1=O. The minimum Gasteiger partial charge on any atom is -0.293 e. The predicted octanol–water partition coefficient (Wildman–Crippen LogP) is 0.518. The molecule has 0 spiro atoms. The van der Waals surface area contributed by atoms with E-state index in [2.05, 4.69) is 10.2 Å². The van der Waals surface area contributed by atoms with E-state index in [9.17, 15) is 9.59 Å². The molecule has 1 N–H and O–H groups in total. The summed E-state index contributed by atoms with van der Waals surface area (Å²) in [5.74, 6) is 2.39. The van der Waals surface area contributed by atoms with Gasteiger partial charge in [0.25, 0.3) is 0 Å². The highest BCUT2D eigenvalue weighted by molar-refractivity contribution is 8.17. The predicted molar refractivity (Wildman–Crippen MR) is 67.1 cm³/mol. The molecule has 0 saturated carbocycles. The molecule has 88 valence electrons. The van der Waals surface area contributed by atoms with Crippen LogP contribution in [0.15, 0.2) is 15.9 Å². The van der Waals surface area contributed by atoms with E-state index in [0.717, 1.165) is 6.42 Å². The van der Waals surface area contributed by atoms with Gasteiger partial charge in [-0.3, -0.25) is 14.2 Å². The van der Waals surface area contributed by atoms with Crippen molar-refractivity contribution < 1.29 is 0 Å². The summed E-state index contributed by atoms with van der Waals surface area (Å²) in [6.07, 6.45) is 3.56. The molecule has 0 amide bonds. The van der Waals surface area contributed by atoms with Crippen LogP contribution in [0.3, 0.4) is 0 Å². The summed E-state index contributed by atoms with van der Waals surface area (Å²) in [4.78, 5) is 22.4. The highest BCUT2D eigenvalue weighted by Crippen LogP contribution is 2.32. The maximum absolute atomic E-state index is 11.4. The zero-order valence-corrected chi connectivity index (χ0v) is 10.4. The van der Waals surface area contributed by atoms with E-state index in [4.69, 9.17) is 0 Å². The number of aryl methyl sites for hydroxylation is 1. The van der Waals surface area contributed by atoms with Crippen molar-refractivity contribution in [2.75, 3.05) is 11.5 Å². The highest BCUT2D eigenvalue weighted by atomic mass is 32.2. The van der Waals surface area contributed by atoms with Crippen molar-refractivity contribution in [2.24, 2.45) is 0 Å². The molecule has 5 nitrogen and oxygen atoms in total. The Balaban J connectivity index is 1.96. The quantitative estimate of drug-likeness (QED) is 0.801. The van der Waals surface area contributed by atoms with Gasteiger partial charge in [-0.1, -0.05) is 0 Å². The van der Waals surface area contributed by atoms with Gasteiger partial charge in [0.1, 0.15) is 6.33 Å². The Labute approximate surface area is 101 Å². The minimum atomic E-state index is -0.647. The second-order valence-electron chi connectivity index (χ2n) is 3.50. The number of H-pyrrole nitrogens is 1. The standard InChI is InChI=1S/C9H13N3O2S2/c13-8-9(14)12(6-10-11-8)3-2-7-15-4-1-5-16-7/h6-7H,1-5H2,(H,11,13). The summed E-state index contributed by atoms with van der Waals surface area (Å²) in [5.41, 5.74) is -1.16. The first-order valence-corrected chi connectivity index (χ1v) is 7.24. The Hall–Kier alpha value is -0.690. The van der Waals surface area contributed by atoms with Crippen LogP contribution in [0.1, 0.15) is 12.8 Å². The Kier molecular flexibility index (Phi) is 4.11. The molecule has 1 aliphatic rings. The first-order valence-electron chi connectivity index (χ1n) is 5.15. The monoisotopic (exact) mass is 259 g/mol. The number of thioether (sulfide) groups is 2. The second-order valence-corrected chi connectivity index (χ2v) is 6.42. The van der Waals surface area contributed by atoms with E-state index >= 15 is 0 Å². The smallest absolute Gasteiger partial charge is 0.293 e. The first kappa shape index (κ1) is 11.8. The average molecular weight is 259 g/mol. The lowest BCUT2D eigenvalue weighted by molar-refractivity contribution is 0.612. The van der Waals surface area contributed by atoms with Crippen LogP contribution in [-0.2, 0) is 6.54 Å². The topological polar surface area (TPSA) is 67.8 Å². The van der Waals surface area contributed by atoms with Crippen LogP contribution in [0.25, 0.3) is 0 Å². The van der Waals surface area contributed by atoms with Crippen LogP contribution >= 0.6 is 23.5 Å². The number of nitrogens with one attached hydrogen (secondary N) is 1. The van der Waals surface area contributed by atoms with Crippen molar-refractivity contribution >= 4 is 23.5 Å². The molecular formula is C9H13N3O2S2. The molecule has 0 bridgehead atoms. The summed E-state index contributed by atoms with van der Waals surface area (Å²) < 4.78 is 1.93. The van der Waals surface area contributed by atoms with Crippen LogP contribution < -0.4 is 11.1 Å². The molecule has 16 heavy (non-hydrogen) atoms. The van der Waals surface area contributed by atoms with Gasteiger partial charge in [-0.05, 0) is 24.3 Å². The average Bonchev–Trinajstić information content (AvgIpc) is 2.32. The summed E-state index contributed by atoms with van der Waals surface area (Å²) >= 11 is 3.87. The molecule has 0 aliphatic carbocycles. The molecule has 0 atom stereocenters. The summed E-state index contributed by atoms with van der Waals surface area (Å²) in [6.45, 7) is 0.570. The van der Waals surface area contributed by atoms with Crippen molar-refractivity contribution in [1.82, 2.24) is 14.8 Å². The highest BCUT2D eigenvalue weighted by Gasteiger charge is 2.14. The summed E-state index contributed by atoms with van der Waals surface area (Å²) in [5, 5.41) is 5.75. The zero-order chi connectivity index (χ0) is 11.4. The first-order chi connectivity index (χ1) is 7.77. The Morgan fingerprint density at radius 2 is 2.19 bits per heavy atom. The Bertz CT molecular complexity index is 451. The number of hydrogen-bond donors (Lipinski definition) is 1. The van der Waals surface area contributed by atoms with Gasteiger partial charge in [0.15, 0.2) is 0 Å². The lowest BCUT2D eigenvalue weighted by atomic mass is 10.4. The van der Waals surface area contributed by atoms with E-state index in [0.29, 0.717) is 11.1 Å². The van der Waals surface area contributed by atoms with E-state index in [1.165, 1.54) is 28.8 Å². The van der Waals surface area contributed by atoms with Crippen LogP contribution in [0.5, 0.6) is 0 Å². The fourth-order valence-corrected chi connectivity index (χ4v) is 4.33. The van der Waals surface area contributed by atoms with Gasteiger partial charge in [0.2, 0.25) is 0 Å². The third-order valence-electron chi connectivity index (χ3n) is 2.32. The summed E-state index contributed by atoms with van der Waals surface area (Å²) in [7, 11) is 0. The van der Waals surface area contributed by atoms with E-state index < -0.39 is 11.1 Å². The molecule has 1 fully saturated rings. The summed E-state index contributed by atoms with van der Waals surface area (Å²) in [6, 6.07) is 0. The molecule has 0 unspecified atom stereocenters. The maximum Gasteiger partial charge on any atom is 0.330 e. The maximum atomic E-state index is 11.4. The third kappa shape index (κ3) is 2.91. The number of rotatable bonds is 3. The minimum absolute atomic E-state index is 0.513. The van der Waals surface area contributed by atoms with Gasteiger partial charge in [0.05, 0.1) is 4.58 Å². The number of aromatic amines is 1. The molecule has 2 heterocycles. The van der Waals surface area contributed by atoms with E-state index in [-0.39, 0.29) is 0 Å². The van der Waals surface area contributed by atoms with Crippen LogP contribution in [0.4, 0.5) is 0 Å². The molecule has 7 heteroatoms. The molecular weight excluding hydrogens is 246 g/mol. The molecule has 1 aromatic rings. The van der Waals surface area contributed by atoms with Crippen LogP contribution in [0.2, 0.25) is 0 Å². The van der Waals surface area contributed by atoms with Gasteiger partial charge >= 0.3 is 11.1 Å². The van der Waals surface area contributed by atoms with Gasteiger partial charge in [-0.25, -0.2) is 5.10 Å². The van der Waals surface area contributed by atoms with Crippen molar-refractivity contribution in [3.8, 4) is 0 Å². The Morgan fingerprint density at radius 1 is 1.44 bits per heavy atom. The molecule has 1 aromatic heterocycles. The normalized spacial score (nSPS) is 17.5. The number of hydrogen-bond acceptors (Lipinski definition) is 5. The van der Waals surface area contributed by atoms with Crippen molar-refractivity contribution in [2.45, 2.75) is 24.0 Å². The lowest BCUT2D eigenvalue weighted by Gasteiger charge is -2.20. The molecule has 0 aromatic carbocycles. The van der Waals surface area contributed by atoms with Crippen molar-refractivity contribution in [3.63, 3.8) is 0 Å². The van der Waals surface area contributed by atoms with Crippen molar-refractivity contribution in [3.05, 3.63) is 27.0 Å².